The van der Waals surface area contributed by atoms with Gasteiger partial charge in [0.2, 0.25) is 0 Å². The molecule has 0 aromatic carbocycles. The second-order valence-electron chi connectivity index (χ2n) is 9.33. The van der Waals surface area contributed by atoms with Crippen LogP contribution in [0.4, 0.5) is 0 Å². The highest BCUT2D eigenvalue weighted by Crippen LogP contribution is 2.19. The van der Waals surface area contributed by atoms with Crippen LogP contribution < -0.4 is 0 Å². The molecule has 0 saturated carbocycles. The monoisotopic (exact) mass is 463 g/mol. The van der Waals surface area contributed by atoms with Gasteiger partial charge < -0.3 is 9.04 Å². The molecule has 0 bridgehead atoms. The van der Waals surface area contributed by atoms with Crippen molar-refractivity contribution in [2.45, 2.75) is 137 Å². The molecule has 0 N–H and O–H groups in total. The smallest absolute Gasteiger partial charge is 0.0943 e. The number of hydrogen-bond donors (Lipinski definition) is 0. The normalized spacial score (nSPS) is 11.9. The second-order valence-corrected chi connectivity index (χ2v) is 11.0. The molecule has 0 aromatic heterocycles. The van der Waals surface area contributed by atoms with E-state index in [-0.39, 0.29) is 5.75 Å². The Morgan fingerprint density at radius 2 is 0.710 bits per heavy atom. The average molecular weight is 464 g/mol. The Labute approximate surface area is 196 Å². The summed E-state index contributed by atoms with van der Waals surface area (Å²) < 4.78 is 29.8. The Bertz CT molecular complexity index is 398. The Balaban J connectivity index is 0. The van der Waals surface area contributed by atoms with Crippen LogP contribution in [-0.4, -0.2) is 49.4 Å². The largest absolute Gasteiger partial charge is 0.748 e. The molecular formula is C26H57NO3S. The van der Waals surface area contributed by atoms with Crippen LogP contribution >= 0.6 is 0 Å². The fourth-order valence-electron chi connectivity index (χ4n) is 4.17. The van der Waals surface area contributed by atoms with Gasteiger partial charge in [0.15, 0.2) is 0 Å². The maximum Gasteiger partial charge on any atom is 0.0943 e. The van der Waals surface area contributed by atoms with E-state index in [2.05, 4.69) is 27.7 Å². The van der Waals surface area contributed by atoms with Crippen molar-refractivity contribution in [2.24, 2.45) is 0 Å². The van der Waals surface area contributed by atoms with Gasteiger partial charge in [0.1, 0.15) is 0 Å². The van der Waals surface area contributed by atoms with Crippen LogP contribution in [-0.2, 0) is 10.1 Å². The summed E-state index contributed by atoms with van der Waals surface area (Å²) in [6.45, 7) is 16.5. The molecule has 0 saturated heterocycles. The zero-order valence-electron chi connectivity index (χ0n) is 21.9. The van der Waals surface area contributed by atoms with E-state index in [0.29, 0.717) is 0 Å². The van der Waals surface area contributed by atoms with Gasteiger partial charge in [-0.15, -0.1) is 0 Å². The standard InChI is InChI=1S/C24H52N.C2H6O3S/c1-5-9-13-17-21-25(22-18-14-10-6-2,23-19-15-11-7-3)24-20-16-12-8-4;1-2-6(3,4)5/h5-24H2,1-4H3;2H2,1H3,(H,3,4,5)/q+1;/p-1. The van der Waals surface area contributed by atoms with Crippen LogP contribution in [0, 0.1) is 0 Å². The first-order valence-corrected chi connectivity index (χ1v) is 15.2. The molecule has 190 valence electrons. The lowest BCUT2D eigenvalue weighted by Gasteiger charge is -2.39. The van der Waals surface area contributed by atoms with Crippen molar-refractivity contribution in [1.29, 1.82) is 0 Å². The highest BCUT2D eigenvalue weighted by Gasteiger charge is 2.25. The minimum absolute atomic E-state index is 0.312. The number of rotatable bonds is 21. The molecule has 0 unspecified atom stereocenters. The van der Waals surface area contributed by atoms with Gasteiger partial charge in [0.05, 0.1) is 36.3 Å². The van der Waals surface area contributed by atoms with E-state index in [0.717, 1.165) is 0 Å². The van der Waals surface area contributed by atoms with Crippen molar-refractivity contribution < 1.29 is 17.5 Å². The van der Waals surface area contributed by atoms with Crippen molar-refractivity contribution in [3.8, 4) is 0 Å². The molecule has 0 aromatic rings. The molecule has 31 heavy (non-hydrogen) atoms. The number of hydrogen-bond acceptors (Lipinski definition) is 3. The Kier molecular flexibility index (Phi) is 24.6. The maximum atomic E-state index is 9.44. The molecule has 0 atom stereocenters. The lowest BCUT2D eigenvalue weighted by molar-refractivity contribution is -0.929. The van der Waals surface area contributed by atoms with Gasteiger partial charge in [-0.25, -0.2) is 8.42 Å². The Morgan fingerprint density at radius 1 is 0.484 bits per heavy atom. The first-order chi connectivity index (χ1) is 14.8. The first kappa shape index (κ1) is 33.0. The van der Waals surface area contributed by atoms with Crippen LogP contribution in [0.5, 0.6) is 0 Å². The number of unbranched alkanes of at least 4 members (excludes halogenated alkanes) is 12. The molecule has 4 nitrogen and oxygen atoms in total. The third kappa shape index (κ3) is 24.3. The molecule has 0 aliphatic heterocycles. The van der Waals surface area contributed by atoms with Crippen LogP contribution in [0.3, 0.4) is 0 Å². The van der Waals surface area contributed by atoms with Gasteiger partial charge in [-0.3, -0.25) is 0 Å². The van der Waals surface area contributed by atoms with E-state index in [1.54, 1.807) is 0 Å². The van der Waals surface area contributed by atoms with Crippen LogP contribution in [0.1, 0.15) is 137 Å². The lowest BCUT2D eigenvalue weighted by Crippen LogP contribution is -2.50. The molecular weight excluding hydrogens is 406 g/mol. The van der Waals surface area contributed by atoms with Crippen molar-refractivity contribution in [3.05, 3.63) is 0 Å². The topological polar surface area (TPSA) is 57.2 Å². The zero-order chi connectivity index (χ0) is 23.8. The van der Waals surface area contributed by atoms with Gasteiger partial charge >= 0.3 is 0 Å². The van der Waals surface area contributed by atoms with E-state index >= 15 is 0 Å². The fourth-order valence-corrected chi connectivity index (χ4v) is 4.17. The van der Waals surface area contributed by atoms with Crippen molar-refractivity contribution in [1.82, 2.24) is 0 Å². The van der Waals surface area contributed by atoms with Crippen LogP contribution in [0.25, 0.3) is 0 Å². The van der Waals surface area contributed by atoms with Crippen molar-refractivity contribution in [2.75, 3.05) is 31.9 Å². The van der Waals surface area contributed by atoms with Gasteiger partial charge in [-0.05, 0) is 51.4 Å². The van der Waals surface area contributed by atoms with Crippen LogP contribution in [0.15, 0.2) is 0 Å². The van der Waals surface area contributed by atoms with E-state index in [9.17, 15) is 13.0 Å². The van der Waals surface area contributed by atoms with Crippen molar-refractivity contribution in [3.63, 3.8) is 0 Å². The highest BCUT2D eigenvalue weighted by molar-refractivity contribution is 7.85. The zero-order valence-corrected chi connectivity index (χ0v) is 22.7. The predicted molar refractivity (Wildman–Crippen MR) is 137 cm³/mol. The van der Waals surface area contributed by atoms with E-state index in [1.165, 1.54) is 140 Å². The molecule has 0 heterocycles. The molecule has 0 radical (unpaired) electrons. The molecule has 0 fully saturated rings. The molecule has 5 heteroatoms. The third-order valence-electron chi connectivity index (χ3n) is 6.30. The summed E-state index contributed by atoms with van der Waals surface area (Å²) in [6, 6.07) is 0. The molecule has 0 aliphatic rings. The van der Waals surface area contributed by atoms with E-state index in [4.69, 9.17) is 0 Å². The fraction of sp³-hybridized carbons (Fsp3) is 1.00. The summed E-state index contributed by atoms with van der Waals surface area (Å²) in [7, 11) is -3.91. The van der Waals surface area contributed by atoms with Gasteiger partial charge in [0.25, 0.3) is 0 Å². The minimum Gasteiger partial charge on any atom is -0.748 e. The first-order valence-electron chi connectivity index (χ1n) is 13.6. The summed E-state index contributed by atoms with van der Waals surface area (Å²) in [5.74, 6) is -0.312. The number of nitrogens with zero attached hydrogens (tertiary/aromatic N) is 1. The molecule has 0 amide bonds. The predicted octanol–water partition coefficient (Wildman–Crippen LogP) is 7.68. The summed E-state index contributed by atoms with van der Waals surface area (Å²) in [4.78, 5) is 0. The van der Waals surface area contributed by atoms with E-state index in [1.807, 2.05) is 0 Å². The summed E-state index contributed by atoms with van der Waals surface area (Å²) in [5, 5.41) is 0. The average Bonchev–Trinajstić information content (AvgIpc) is 2.75. The van der Waals surface area contributed by atoms with Gasteiger partial charge in [-0.1, -0.05) is 86.0 Å². The molecule has 0 rings (SSSR count). The van der Waals surface area contributed by atoms with Gasteiger partial charge in [-0.2, -0.15) is 0 Å². The minimum atomic E-state index is -3.91. The number of quaternary nitrogens is 1. The maximum absolute atomic E-state index is 9.44. The quantitative estimate of drug-likeness (QED) is 0.0996. The molecule has 0 spiro atoms. The lowest BCUT2D eigenvalue weighted by atomic mass is 10.1. The van der Waals surface area contributed by atoms with E-state index < -0.39 is 10.1 Å². The Morgan fingerprint density at radius 3 is 0.871 bits per heavy atom. The highest BCUT2D eigenvalue weighted by atomic mass is 32.2. The Hall–Kier alpha value is -0.130. The third-order valence-corrected chi connectivity index (χ3v) is 7.00. The summed E-state index contributed by atoms with van der Waals surface area (Å²) in [5.41, 5.74) is 0. The second kappa shape index (κ2) is 23.0. The van der Waals surface area contributed by atoms with Crippen molar-refractivity contribution >= 4 is 10.1 Å². The SMILES string of the molecule is CCCCCC[N+](CCCCCC)(CCCCCC)CCCCCC.CCS(=O)(=O)[O-]. The summed E-state index contributed by atoms with van der Waals surface area (Å²) >= 11 is 0. The molecule has 0 aliphatic carbocycles. The summed E-state index contributed by atoms with van der Waals surface area (Å²) in [6.07, 6.45) is 22.8. The van der Waals surface area contributed by atoms with Crippen LogP contribution in [0.2, 0.25) is 0 Å². The van der Waals surface area contributed by atoms with Gasteiger partial charge in [0, 0.05) is 5.75 Å².